The van der Waals surface area contributed by atoms with Gasteiger partial charge in [0.15, 0.2) is 5.76 Å². The second-order valence-electron chi connectivity index (χ2n) is 7.28. The standard InChI is InChI=1S/C21H25N3O3S/c1-3-9-24(13-19-22-23-20(27-19)16-6-5-10-26-16)21(25)18-12-15-11-14(4-2)7-8-17(15)28-18/h5-6,10,12,14H,3-4,7-9,11,13H2,1-2H3. The molecule has 1 amide bonds. The third kappa shape index (κ3) is 3.90. The summed E-state index contributed by atoms with van der Waals surface area (Å²) in [6.07, 6.45) is 7.06. The van der Waals surface area contributed by atoms with Gasteiger partial charge in [-0.1, -0.05) is 20.3 Å². The zero-order valence-corrected chi connectivity index (χ0v) is 17.1. The van der Waals surface area contributed by atoms with Crippen LogP contribution in [0.4, 0.5) is 0 Å². The minimum atomic E-state index is 0.0482. The van der Waals surface area contributed by atoms with E-state index in [1.807, 2.05) is 0 Å². The molecule has 1 unspecified atom stereocenters. The van der Waals surface area contributed by atoms with E-state index in [2.05, 4.69) is 30.1 Å². The number of carbonyl (C=O) groups excluding carboxylic acids is 1. The van der Waals surface area contributed by atoms with Crippen LogP contribution in [-0.4, -0.2) is 27.5 Å². The Hall–Kier alpha value is -2.41. The minimum absolute atomic E-state index is 0.0482. The van der Waals surface area contributed by atoms with Gasteiger partial charge in [-0.25, -0.2) is 0 Å². The highest BCUT2D eigenvalue weighted by Crippen LogP contribution is 2.34. The van der Waals surface area contributed by atoms with Gasteiger partial charge in [-0.3, -0.25) is 4.79 Å². The molecule has 0 aliphatic heterocycles. The molecule has 3 heterocycles. The Balaban J connectivity index is 1.50. The van der Waals surface area contributed by atoms with Crippen LogP contribution in [0.25, 0.3) is 11.7 Å². The van der Waals surface area contributed by atoms with Gasteiger partial charge in [0.2, 0.25) is 5.89 Å². The molecule has 0 saturated carbocycles. The number of aromatic nitrogens is 2. The number of fused-ring (bicyclic) bond motifs is 1. The fourth-order valence-corrected chi connectivity index (χ4v) is 4.89. The van der Waals surface area contributed by atoms with Crippen molar-refractivity contribution in [3.05, 3.63) is 45.7 Å². The summed E-state index contributed by atoms with van der Waals surface area (Å²) in [6.45, 7) is 5.27. The predicted octanol–water partition coefficient (Wildman–Crippen LogP) is 4.96. The molecule has 1 aliphatic carbocycles. The van der Waals surface area contributed by atoms with Gasteiger partial charge >= 0.3 is 0 Å². The van der Waals surface area contributed by atoms with Gasteiger partial charge in [0.25, 0.3) is 11.8 Å². The van der Waals surface area contributed by atoms with Crippen LogP contribution >= 0.6 is 11.3 Å². The van der Waals surface area contributed by atoms with E-state index >= 15 is 0 Å². The van der Waals surface area contributed by atoms with E-state index < -0.39 is 0 Å². The zero-order chi connectivity index (χ0) is 19.5. The number of hydrogen-bond donors (Lipinski definition) is 0. The number of rotatable bonds is 7. The highest BCUT2D eigenvalue weighted by Gasteiger charge is 2.25. The Bertz CT molecular complexity index is 929. The van der Waals surface area contributed by atoms with Crippen LogP contribution in [0.5, 0.6) is 0 Å². The van der Waals surface area contributed by atoms with E-state index in [1.165, 1.54) is 23.3 Å². The molecule has 0 aromatic carbocycles. The van der Waals surface area contributed by atoms with E-state index in [1.54, 1.807) is 34.6 Å². The first-order valence-electron chi connectivity index (χ1n) is 9.95. The second kappa shape index (κ2) is 8.31. The van der Waals surface area contributed by atoms with E-state index in [0.29, 0.717) is 30.6 Å². The maximum atomic E-state index is 13.2. The first-order valence-corrected chi connectivity index (χ1v) is 10.8. The molecule has 0 spiro atoms. The third-order valence-corrected chi connectivity index (χ3v) is 6.50. The highest BCUT2D eigenvalue weighted by atomic mass is 32.1. The molecule has 0 bridgehead atoms. The smallest absolute Gasteiger partial charge is 0.283 e. The fraction of sp³-hybridized carbons (Fsp3) is 0.476. The van der Waals surface area contributed by atoms with Crippen molar-refractivity contribution < 1.29 is 13.6 Å². The van der Waals surface area contributed by atoms with Crippen molar-refractivity contribution in [2.45, 2.75) is 52.5 Å². The van der Waals surface area contributed by atoms with Crippen molar-refractivity contribution >= 4 is 17.2 Å². The van der Waals surface area contributed by atoms with Crippen LogP contribution < -0.4 is 0 Å². The Morgan fingerprint density at radius 3 is 3.00 bits per heavy atom. The molecule has 148 valence electrons. The van der Waals surface area contributed by atoms with Crippen molar-refractivity contribution in [3.63, 3.8) is 0 Å². The number of nitrogens with zero attached hydrogens (tertiary/aromatic N) is 3. The Morgan fingerprint density at radius 2 is 2.25 bits per heavy atom. The van der Waals surface area contributed by atoms with E-state index in [4.69, 9.17) is 8.83 Å². The van der Waals surface area contributed by atoms with Crippen molar-refractivity contribution in [2.24, 2.45) is 5.92 Å². The number of aryl methyl sites for hydroxylation is 1. The average molecular weight is 400 g/mol. The maximum absolute atomic E-state index is 13.2. The van der Waals surface area contributed by atoms with Crippen molar-refractivity contribution in [3.8, 4) is 11.7 Å². The largest absolute Gasteiger partial charge is 0.459 e. The van der Waals surface area contributed by atoms with Gasteiger partial charge in [-0.2, -0.15) is 0 Å². The van der Waals surface area contributed by atoms with E-state index in [9.17, 15) is 4.79 Å². The summed E-state index contributed by atoms with van der Waals surface area (Å²) in [5.41, 5.74) is 1.36. The van der Waals surface area contributed by atoms with Crippen LogP contribution in [0, 0.1) is 5.92 Å². The zero-order valence-electron chi connectivity index (χ0n) is 16.3. The molecule has 28 heavy (non-hydrogen) atoms. The van der Waals surface area contributed by atoms with Crippen LogP contribution in [0.1, 0.15) is 59.1 Å². The summed E-state index contributed by atoms with van der Waals surface area (Å²) in [5.74, 6) is 2.08. The number of furan rings is 1. The summed E-state index contributed by atoms with van der Waals surface area (Å²) in [7, 11) is 0. The van der Waals surface area contributed by atoms with Gasteiger partial charge in [-0.15, -0.1) is 21.5 Å². The van der Waals surface area contributed by atoms with Crippen LogP contribution in [0.15, 0.2) is 33.3 Å². The quantitative estimate of drug-likeness (QED) is 0.561. The molecular formula is C21H25N3O3S. The molecule has 0 saturated heterocycles. The monoisotopic (exact) mass is 399 g/mol. The van der Waals surface area contributed by atoms with Crippen LogP contribution in [0.2, 0.25) is 0 Å². The topological polar surface area (TPSA) is 72.4 Å². The Kier molecular flexibility index (Phi) is 5.62. The summed E-state index contributed by atoms with van der Waals surface area (Å²) >= 11 is 1.65. The highest BCUT2D eigenvalue weighted by molar-refractivity contribution is 7.14. The lowest BCUT2D eigenvalue weighted by atomic mass is 9.87. The van der Waals surface area contributed by atoms with Crippen LogP contribution in [-0.2, 0) is 19.4 Å². The number of thiophene rings is 1. The lowest BCUT2D eigenvalue weighted by Gasteiger charge is -2.19. The summed E-state index contributed by atoms with van der Waals surface area (Å²) in [4.78, 5) is 17.2. The molecule has 7 heteroatoms. The molecule has 3 aromatic rings. The van der Waals surface area contributed by atoms with Crippen molar-refractivity contribution in [2.75, 3.05) is 6.54 Å². The summed E-state index contributed by atoms with van der Waals surface area (Å²) < 4.78 is 11.0. The predicted molar refractivity (Wildman–Crippen MR) is 107 cm³/mol. The second-order valence-corrected chi connectivity index (χ2v) is 8.42. The number of hydrogen-bond acceptors (Lipinski definition) is 6. The number of carbonyl (C=O) groups is 1. The lowest BCUT2D eigenvalue weighted by molar-refractivity contribution is 0.0733. The third-order valence-electron chi connectivity index (χ3n) is 5.28. The maximum Gasteiger partial charge on any atom is 0.283 e. The normalized spacial score (nSPS) is 16.1. The van der Waals surface area contributed by atoms with Gasteiger partial charge < -0.3 is 13.7 Å². The summed E-state index contributed by atoms with van der Waals surface area (Å²) in [6, 6.07) is 5.65. The van der Waals surface area contributed by atoms with Crippen molar-refractivity contribution in [1.29, 1.82) is 0 Å². The minimum Gasteiger partial charge on any atom is -0.459 e. The average Bonchev–Trinajstić information content (AvgIpc) is 3.45. The van der Waals surface area contributed by atoms with E-state index in [-0.39, 0.29) is 5.91 Å². The molecule has 4 rings (SSSR count). The molecule has 0 fully saturated rings. The van der Waals surface area contributed by atoms with Gasteiger partial charge in [-0.05, 0) is 55.4 Å². The lowest BCUT2D eigenvalue weighted by Crippen LogP contribution is -2.30. The van der Waals surface area contributed by atoms with Crippen molar-refractivity contribution in [1.82, 2.24) is 15.1 Å². The van der Waals surface area contributed by atoms with Crippen LogP contribution in [0.3, 0.4) is 0 Å². The molecule has 0 radical (unpaired) electrons. The van der Waals surface area contributed by atoms with E-state index in [0.717, 1.165) is 30.1 Å². The summed E-state index contributed by atoms with van der Waals surface area (Å²) in [5, 5.41) is 8.12. The first kappa shape index (κ1) is 18.9. The Morgan fingerprint density at radius 1 is 1.36 bits per heavy atom. The molecule has 0 N–H and O–H groups in total. The van der Waals surface area contributed by atoms with Gasteiger partial charge in [0, 0.05) is 11.4 Å². The first-order chi connectivity index (χ1) is 13.7. The molecule has 1 aliphatic rings. The molecule has 3 aromatic heterocycles. The molecule has 1 atom stereocenters. The molecular weight excluding hydrogens is 374 g/mol. The molecule has 6 nitrogen and oxygen atoms in total. The SMILES string of the molecule is CCCN(Cc1nnc(-c2ccco2)o1)C(=O)c1cc2c(s1)CCC(CC)C2. The van der Waals surface area contributed by atoms with Gasteiger partial charge in [0.05, 0.1) is 17.7 Å². The Labute approximate surface area is 168 Å². The van der Waals surface area contributed by atoms with Gasteiger partial charge in [0.1, 0.15) is 0 Å². The fourth-order valence-electron chi connectivity index (χ4n) is 3.71. The number of amides is 1.